The summed E-state index contributed by atoms with van der Waals surface area (Å²) in [6, 6.07) is 65.8. The Balaban J connectivity index is 1.14. The minimum absolute atomic E-state index is 0.189. The minimum Gasteiger partial charge on any atom is -0.228 e. The summed E-state index contributed by atoms with van der Waals surface area (Å²) in [6.07, 6.45) is 0. The molecule has 55 heavy (non-hydrogen) atoms. The Morgan fingerprint density at radius 3 is 1.33 bits per heavy atom. The zero-order chi connectivity index (χ0) is 36.7. The number of fused-ring (bicyclic) bond motifs is 8. The highest BCUT2D eigenvalue weighted by molar-refractivity contribution is 6.08. The lowest BCUT2D eigenvalue weighted by Gasteiger charge is -2.26. The molecule has 11 rings (SSSR count). The van der Waals surface area contributed by atoms with Crippen LogP contribution in [0.2, 0.25) is 0 Å². The van der Waals surface area contributed by atoms with Gasteiger partial charge in [0.05, 0.1) is 11.4 Å². The predicted octanol–water partition coefficient (Wildman–Crippen LogP) is 14.1. The smallest absolute Gasteiger partial charge is 0.161 e. The summed E-state index contributed by atoms with van der Waals surface area (Å²) in [7, 11) is 0. The molecular weight excluding hydrogens is 665 g/mol. The van der Waals surface area contributed by atoms with Gasteiger partial charge in [0.1, 0.15) is 0 Å². The summed E-state index contributed by atoms with van der Waals surface area (Å²) in [5.41, 5.74) is 12.8. The van der Waals surface area contributed by atoms with Crippen LogP contribution in [0, 0.1) is 0 Å². The molecular formula is C53H36N2. The molecule has 0 fully saturated rings. The van der Waals surface area contributed by atoms with Gasteiger partial charge < -0.3 is 0 Å². The normalized spacial score (nSPS) is 13.1. The monoisotopic (exact) mass is 700 g/mol. The number of aromatic nitrogens is 2. The van der Waals surface area contributed by atoms with Crippen molar-refractivity contribution in [2.24, 2.45) is 0 Å². The van der Waals surface area contributed by atoms with Gasteiger partial charge in [-0.1, -0.05) is 184 Å². The van der Waals surface area contributed by atoms with Crippen molar-refractivity contribution in [3.05, 3.63) is 193 Å². The van der Waals surface area contributed by atoms with E-state index in [0.717, 1.165) is 33.5 Å². The van der Waals surface area contributed by atoms with E-state index in [9.17, 15) is 0 Å². The van der Waals surface area contributed by atoms with Crippen molar-refractivity contribution in [2.45, 2.75) is 19.3 Å². The molecule has 2 heteroatoms. The Labute approximate surface area is 320 Å². The molecule has 0 bridgehead atoms. The average Bonchev–Trinajstić information content (AvgIpc) is 3.49. The highest BCUT2D eigenvalue weighted by Crippen LogP contribution is 2.55. The van der Waals surface area contributed by atoms with Crippen molar-refractivity contribution in [3.8, 4) is 56.2 Å². The third kappa shape index (κ3) is 4.81. The maximum atomic E-state index is 5.41. The molecule has 1 aromatic heterocycles. The van der Waals surface area contributed by atoms with Gasteiger partial charge in [0.2, 0.25) is 0 Å². The molecule has 1 aliphatic carbocycles. The molecule has 10 aromatic rings. The first-order chi connectivity index (χ1) is 27.0. The van der Waals surface area contributed by atoms with E-state index in [4.69, 9.17) is 9.97 Å². The van der Waals surface area contributed by atoms with Crippen molar-refractivity contribution in [3.63, 3.8) is 0 Å². The van der Waals surface area contributed by atoms with Gasteiger partial charge in [-0.3, -0.25) is 0 Å². The lowest BCUT2D eigenvalue weighted by molar-refractivity contribution is 0.668. The second kappa shape index (κ2) is 12.1. The molecule has 1 aliphatic rings. The number of hydrogen-bond donors (Lipinski definition) is 0. The van der Waals surface area contributed by atoms with Crippen LogP contribution in [0.15, 0.2) is 182 Å². The predicted molar refractivity (Wildman–Crippen MR) is 231 cm³/mol. The Morgan fingerprint density at radius 1 is 0.309 bits per heavy atom. The van der Waals surface area contributed by atoms with Gasteiger partial charge in [-0.25, -0.2) is 9.97 Å². The fourth-order valence-electron chi connectivity index (χ4n) is 9.44. The van der Waals surface area contributed by atoms with E-state index in [0.29, 0.717) is 5.82 Å². The maximum Gasteiger partial charge on any atom is 0.161 e. The first-order valence-electron chi connectivity index (χ1n) is 19.1. The molecule has 0 saturated heterocycles. The fourth-order valence-corrected chi connectivity index (χ4v) is 9.44. The van der Waals surface area contributed by atoms with Gasteiger partial charge in [0.25, 0.3) is 0 Å². The Hall–Kier alpha value is -6.90. The summed E-state index contributed by atoms with van der Waals surface area (Å²) < 4.78 is 0. The first-order valence-corrected chi connectivity index (χ1v) is 19.1. The van der Waals surface area contributed by atoms with Crippen LogP contribution in [0.25, 0.3) is 99.2 Å². The van der Waals surface area contributed by atoms with Crippen LogP contribution in [-0.4, -0.2) is 9.97 Å². The largest absolute Gasteiger partial charge is 0.228 e. The minimum atomic E-state index is -0.189. The Kier molecular flexibility index (Phi) is 6.93. The van der Waals surface area contributed by atoms with E-state index < -0.39 is 0 Å². The van der Waals surface area contributed by atoms with Crippen LogP contribution in [0.1, 0.15) is 25.0 Å². The molecule has 0 saturated carbocycles. The van der Waals surface area contributed by atoms with Gasteiger partial charge in [0, 0.05) is 22.1 Å². The summed E-state index contributed by atoms with van der Waals surface area (Å²) >= 11 is 0. The van der Waals surface area contributed by atoms with Gasteiger partial charge in [-0.2, -0.15) is 0 Å². The Bertz CT molecular complexity index is 3080. The molecule has 9 aromatic carbocycles. The second-order valence-corrected chi connectivity index (χ2v) is 15.3. The second-order valence-electron chi connectivity index (χ2n) is 15.3. The van der Waals surface area contributed by atoms with Crippen LogP contribution >= 0.6 is 0 Å². The van der Waals surface area contributed by atoms with E-state index in [-0.39, 0.29) is 5.41 Å². The molecule has 2 nitrogen and oxygen atoms in total. The van der Waals surface area contributed by atoms with E-state index in [2.05, 4.69) is 196 Å². The third-order valence-electron chi connectivity index (χ3n) is 11.8. The van der Waals surface area contributed by atoms with Gasteiger partial charge >= 0.3 is 0 Å². The van der Waals surface area contributed by atoms with Gasteiger partial charge in [-0.15, -0.1) is 0 Å². The van der Waals surface area contributed by atoms with Crippen molar-refractivity contribution in [1.29, 1.82) is 0 Å². The number of nitrogens with zero attached hydrogens (tertiary/aromatic N) is 2. The highest BCUT2D eigenvalue weighted by Gasteiger charge is 2.39. The summed E-state index contributed by atoms with van der Waals surface area (Å²) in [5, 5.41) is 9.67. The van der Waals surface area contributed by atoms with E-state index >= 15 is 0 Å². The number of hydrogen-bond acceptors (Lipinski definition) is 2. The van der Waals surface area contributed by atoms with Crippen LogP contribution in [0.4, 0.5) is 0 Å². The molecule has 0 radical (unpaired) electrons. The maximum absolute atomic E-state index is 5.41. The van der Waals surface area contributed by atoms with Crippen molar-refractivity contribution in [2.75, 3.05) is 0 Å². The molecule has 0 aliphatic heterocycles. The average molecular weight is 701 g/mol. The van der Waals surface area contributed by atoms with Crippen molar-refractivity contribution in [1.82, 2.24) is 9.97 Å². The van der Waals surface area contributed by atoms with E-state index in [1.807, 2.05) is 0 Å². The highest BCUT2D eigenvalue weighted by atomic mass is 14.9. The molecule has 1 heterocycles. The fraction of sp³-hybridized carbons (Fsp3) is 0.0566. The molecule has 258 valence electrons. The topological polar surface area (TPSA) is 25.8 Å². The van der Waals surface area contributed by atoms with Crippen LogP contribution in [-0.2, 0) is 5.41 Å². The number of benzene rings is 9. The lowest BCUT2D eigenvalue weighted by atomic mass is 9.77. The zero-order valence-electron chi connectivity index (χ0n) is 30.7. The zero-order valence-corrected chi connectivity index (χ0v) is 30.7. The SMILES string of the molecule is CC1(C)c2c(cccc2-c2ccc(-c3nc(-c4cccc5ccccc45)cc(-c4cccc5ccccc45)n3)c3ccccc23)-c2ccc3ccccc3c21. The van der Waals surface area contributed by atoms with Gasteiger partial charge in [0.15, 0.2) is 5.82 Å². The summed E-state index contributed by atoms with van der Waals surface area (Å²) in [6.45, 7) is 4.79. The Morgan fingerprint density at radius 2 is 0.709 bits per heavy atom. The first kappa shape index (κ1) is 31.6. The third-order valence-corrected chi connectivity index (χ3v) is 11.8. The molecule has 0 atom stereocenters. The molecule has 0 spiro atoms. The van der Waals surface area contributed by atoms with E-state index in [1.54, 1.807) is 0 Å². The summed E-state index contributed by atoms with van der Waals surface area (Å²) in [5.74, 6) is 0.716. The molecule has 0 unspecified atom stereocenters. The van der Waals surface area contributed by atoms with Crippen molar-refractivity contribution >= 4 is 43.1 Å². The molecule has 0 N–H and O–H groups in total. The van der Waals surface area contributed by atoms with Crippen LogP contribution in [0.3, 0.4) is 0 Å². The van der Waals surface area contributed by atoms with Crippen LogP contribution < -0.4 is 0 Å². The van der Waals surface area contributed by atoms with Crippen LogP contribution in [0.5, 0.6) is 0 Å². The van der Waals surface area contributed by atoms with E-state index in [1.165, 1.54) is 71.1 Å². The lowest BCUT2D eigenvalue weighted by Crippen LogP contribution is -2.17. The number of rotatable bonds is 4. The molecule has 0 amide bonds. The van der Waals surface area contributed by atoms with Crippen molar-refractivity contribution < 1.29 is 0 Å². The van der Waals surface area contributed by atoms with Gasteiger partial charge in [-0.05, 0) is 88.6 Å². The quantitative estimate of drug-likeness (QED) is 0.183. The standard InChI is InChI=1S/C53H36N2/c1-53(2)50-38-21-8-5-16-35(38)28-29-46(50)45-27-13-26-44(51(45)53)41-30-31-47(40-23-10-9-22-39(40)41)52-54-48(42-24-11-17-33-14-3-6-19-36(33)42)32-49(55-52)43-25-12-18-34-15-4-7-20-37(34)43/h3-32H,1-2H3. The summed E-state index contributed by atoms with van der Waals surface area (Å²) in [4.78, 5) is 10.8.